The van der Waals surface area contributed by atoms with Crippen molar-refractivity contribution in [1.29, 1.82) is 0 Å². The number of thioether (sulfide) groups is 1. The van der Waals surface area contributed by atoms with E-state index in [9.17, 15) is 0 Å². The molecule has 112 valence electrons. The van der Waals surface area contributed by atoms with Gasteiger partial charge in [-0.1, -0.05) is 24.4 Å². The zero-order valence-electron chi connectivity index (χ0n) is 12.5. The Labute approximate surface area is 138 Å². The van der Waals surface area contributed by atoms with Crippen molar-refractivity contribution in [2.24, 2.45) is 0 Å². The number of hydrogen-bond donors (Lipinski definition) is 0. The second-order valence-electron chi connectivity index (χ2n) is 4.73. The molecule has 0 saturated heterocycles. The fourth-order valence-electron chi connectivity index (χ4n) is 2.04. The molecule has 0 unspecified atom stereocenters. The number of rotatable bonds is 5. The molecule has 0 aliphatic rings. The fraction of sp³-hybridized carbons (Fsp3) is 0.111. The van der Waals surface area contributed by atoms with Crippen LogP contribution in [-0.2, 0) is 0 Å². The molecule has 0 fully saturated rings. The van der Waals surface area contributed by atoms with Crippen LogP contribution in [0.5, 0.6) is 0 Å². The summed E-state index contributed by atoms with van der Waals surface area (Å²) in [6.45, 7) is 8.16. The van der Waals surface area contributed by atoms with Crippen molar-refractivity contribution in [3.63, 3.8) is 0 Å². The normalized spacial score (nSPS) is 11.8. The van der Waals surface area contributed by atoms with Gasteiger partial charge >= 0.3 is 0 Å². The fourth-order valence-corrected chi connectivity index (χ4v) is 3.89. The Kier molecular flexibility index (Phi) is 4.41. The van der Waals surface area contributed by atoms with Crippen molar-refractivity contribution >= 4 is 32.9 Å². The molecular weight excluding hydrogens is 312 g/mol. The van der Waals surface area contributed by atoms with Gasteiger partial charge < -0.3 is 8.83 Å². The summed E-state index contributed by atoms with van der Waals surface area (Å²) in [5.74, 6) is 2.69. The first kappa shape index (κ1) is 15.0. The van der Waals surface area contributed by atoms with Gasteiger partial charge in [-0.05, 0) is 50.2 Å². The monoisotopic (exact) mass is 328 g/mol. The number of allylic oxidation sites excluding steroid dienone is 1. The lowest BCUT2D eigenvalue weighted by atomic mass is 10.3. The van der Waals surface area contributed by atoms with E-state index >= 15 is 0 Å². The highest BCUT2D eigenvalue weighted by atomic mass is 32.2. The van der Waals surface area contributed by atoms with Gasteiger partial charge in [0.05, 0.1) is 16.0 Å². The highest BCUT2D eigenvalue weighted by Gasteiger charge is 2.12. The van der Waals surface area contributed by atoms with Gasteiger partial charge in [-0.25, -0.2) is 0 Å². The molecule has 0 aromatic carbocycles. The van der Waals surface area contributed by atoms with E-state index in [1.807, 2.05) is 38.1 Å². The minimum absolute atomic E-state index is 0.883. The van der Waals surface area contributed by atoms with E-state index in [1.165, 1.54) is 0 Å². The average Bonchev–Trinajstić information content (AvgIpc) is 3.24. The van der Waals surface area contributed by atoms with Gasteiger partial charge in [0.25, 0.3) is 0 Å². The lowest BCUT2D eigenvalue weighted by Gasteiger charge is -2.05. The van der Waals surface area contributed by atoms with E-state index < -0.39 is 0 Å². The summed E-state index contributed by atoms with van der Waals surface area (Å²) in [6.07, 6.45) is 3.74. The number of furan rings is 2. The molecule has 0 aliphatic carbocycles. The highest BCUT2D eigenvalue weighted by Crippen LogP contribution is 2.42. The van der Waals surface area contributed by atoms with Gasteiger partial charge in [0.1, 0.15) is 17.3 Å². The van der Waals surface area contributed by atoms with E-state index in [-0.39, 0.29) is 0 Å². The lowest BCUT2D eigenvalue weighted by molar-refractivity contribution is 0.524. The maximum atomic E-state index is 5.70. The van der Waals surface area contributed by atoms with Gasteiger partial charge in [0.15, 0.2) is 0 Å². The van der Waals surface area contributed by atoms with E-state index in [0.717, 1.165) is 36.8 Å². The SMILES string of the molecule is C=C(S/C(=C\C)c1ccc(C)o1)c1ccc(-c2ccco2)s1. The van der Waals surface area contributed by atoms with E-state index in [4.69, 9.17) is 8.83 Å². The van der Waals surface area contributed by atoms with Gasteiger partial charge in [-0.2, -0.15) is 0 Å². The van der Waals surface area contributed by atoms with Crippen LogP contribution in [0.1, 0.15) is 23.3 Å². The molecule has 22 heavy (non-hydrogen) atoms. The summed E-state index contributed by atoms with van der Waals surface area (Å²) in [4.78, 5) is 4.33. The van der Waals surface area contributed by atoms with Crippen LogP contribution in [-0.4, -0.2) is 0 Å². The molecule has 4 heteroatoms. The van der Waals surface area contributed by atoms with Crippen LogP contribution in [0.3, 0.4) is 0 Å². The molecule has 3 aromatic heterocycles. The van der Waals surface area contributed by atoms with Gasteiger partial charge in [0.2, 0.25) is 0 Å². The zero-order valence-corrected chi connectivity index (χ0v) is 14.1. The number of aryl methyl sites for hydroxylation is 1. The maximum Gasteiger partial charge on any atom is 0.143 e. The van der Waals surface area contributed by atoms with Crippen molar-refractivity contribution in [1.82, 2.24) is 0 Å². The van der Waals surface area contributed by atoms with E-state index in [2.05, 4.69) is 24.8 Å². The van der Waals surface area contributed by atoms with Crippen LogP contribution in [0.2, 0.25) is 0 Å². The lowest BCUT2D eigenvalue weighted by Crippen LogP contribution is -1.76. The largest absolute Gasteiger partial charge is 0.464 e. The van der Waals surface area contributed by atoms with Crippen molar-refractivity contribution in [3.05, 3.63) is 71.7 Å². The van der Waals surface area contributed by atoms with Crippen LogP contribution in [0.25, 0.3) is 20.4 Å². The van der Waals surface area contributed by atoms with Crippen molar-refractivity contribution < 1.29 is 8.83 Å². The van der Waals surface area contributed by atoms with Crippen LogP contribution < -0.4 is 0 Å². The first-order chi connectivity index (χ1) is 10.7. The summed E-state index contributed by atoms with van der Waals surface area (Å²) in [5.41, 5.74) is 0. The van der Waals surface area contributed by atoms with Crippen LogP contribution in [0.15, 0.2) is 64.2 Å². The minimum atomic E-state index is 0.883. The summed E-state index contributed by atoms with van der Waals surface area (Å²) in [6, 6.07) is 12.0. The standard InChI is InChI=1S/C18H16O2S2/c1-4-16(15-8-7-12(2)20-15)21-13(3)17-9-10-18(22-17)14-6-5-11-19-14/h4-11H,3H2,1-2H3/b16-4-. The van der Waals surface area contributed by atoms with E-state index in [1.54, 1.807) is 29.4 Å². The Morgan fingerprint density at radius 2 is 2.09 bits per heavy atom. The first-order valence-corrected chi connectivity index (χ1v) is 8.54. The number of hydrogen-bond acceptors (Lipinski definition) is 4. The van der Waals surface area contributed by atoms with Gasteiger partial charge in [0, 0.05) is 9.78 Å². The minimum Gasteiger partial charge on any atom is -0.464 e. The third-order valence-electron chi connectivity index (χ3n) is 3.12. The molecule has 0 radical (unpaired) electrons. The molecule has 0 atom stereocenters. The van der Waals surface area contributed by atoms with Crippen LogP contribution >= 0.6 is 23.1 Å². The Morgan fingerprint density at radius 1 is 1.23 bits per heavy atom. The van der Waals surface area contributed by atoms with Crippen molar-refractivity contribution in [2.45, 2.75) is 13.8 Å². The summed E-state index contributed by atoms with van der Waals surface area (Å²) in [7, 11) is 0. The third kappa shape index (κ3) is 3.13. The molecular formula is C18H16O2S2. The maximum absolute atomic E-state index is 5.70. The van der Waals surface area contributed by atoms with Gasteiger partial charge in [-0.15, -0.1) is 11.3 Å². The highest BCUT2D eigenvalue weighted by molar-refractivity contribution is 8.16. The Balaban J connectivity index is 1.77. The molecule has 0 amide bonds. The smallest absolute Gasteiger partial charge is 0.143 e. The van der Waals surface area contributed by atoms with Crippen molar-refractivity contribution in [3.8, 4) is 10.6 Å². The topological polar surface area (TPSA) is 26.3 Å². The Morgan fingerprint density at radius 3 is 2.73 bits per heavy atom. The van der Waals surface area contributed by atoms with Crippen molar-refractivity contribution in [2.75, 3.05) is 0 Å². The summed E-state index contributed by atoms with van der Waals surface area (Å²) in [5, 5.41) is 0. The molecule has 3 rings (SSSR count). The van der Waals surface area contributed by atoms with Crippen LogP contribution in [0, 0.1) is 6.92 Å². The Hall–Kier alpha value is -1.91. The second-order valence-corrected chi connectivity index (χ2v) is 6.95. The molecule has 3 aromatic rings. The zero-order chi connectivity index (χ0) is 15.5. The molecule has 0 N–H and O–H groups in total. The predicted octanol–water partition coefficient (Wildman–Crippen LogP) is 6.67. The quantitative estimate of drug-likeness (QED) is 0.523. The first-order valence-electron chi connectivity index (χ1n) is 6.91. The molecule has 0 saturated carbocycles. The van der Waals surface area contributed by atoms with E-state index in [0.29, 0.717) is 0 Å². The number of thiophene rings is 1. The second kappa shape index (κ2) is 6.46. The summed E-state index contributed by atoms with van der Waals surface area (Å²) < 4.78 is 11.1. The third-order valence-corrected chi connectivity index (χ3v) is 5.54. The molecule has 2 nitrogen and oxygen atoms in total. The molecule has 3 heterocycles. The molecule has 0 bridgehead atoms. The van der Waals surface area contributed by atoms with Gasteiger partial charge in [-0.3, -0.25) is 0 Å². The molecule has 0 spiro atoms. The predicted molar refractivity (Wildman–Crippen MR) is 95.7 cm³/mol. The Bertz CT molecular complexity index is 804. The molecule has 0 aliphatic heterocycles. The van der Waals surface area contributed by atoms with Crippen LogP contribution in [0.4, 0.5) is 0 Å². The summed E-state index contributed by atoms with van der Waals surface area (Å²) >= 11 is 3.31. The average molecular weight is 328 g/mol.